The molecule has 5 N–H and O–H groups in total. The lowest BCUT2D eigenvalue weighted by Crippen LogP contribution is -2.48. The van der Waals surface area contributed by atoms with Gasteiger partial charge in [-0.1, -0.05) is 98.8 Å². The van der Waals surface area contributed by atoms with Crippen molar-refractivity contribution in [3.8, 4) is 39.9 Å². The SMILES string of the molecule is COCN1C(=O)N(COC)C2C1N(COC)C(=O)N2COC.COCc1cc(C(C)(C)c2ccc(C(C)(c3cc(COC)c(O)c(COC)c3)c3cc(COC)c(O)c(COC)c3)cc2)cc(COC)c1O.COCc1cc(C2(c3cc(C)c(O)c(COC)c3)c3ccccc3-c3ccccc32)cc(C)c1O. The Balaban J connectivity index is 0.000000200. The molecular formula is C84H104N4O19. The standard InChI is InChI=1S/C41H52O9.C31H30O4.C12H22N4O6/c1-40(2,34-14-26(20-45-4)37(42)27(15-34)21-46-5)32-10-12-33(13-11-32)41(3,35-16-28(22-47-6)38(43)29(17-35)23-48-7)36-18-30(24-49-8)39(44)31(19-36)25-50-9;1-19-13-23(15-21(17-34-3)29(19)32)31(24-14-20(2)30(33)22(16-24)18-35-4)27-11-7-5-9-25(27)26-10-6-8-12-28(26)31;1-19-5-13-9-10(15(7-21-3)11(13)17)16(8-22-4)12(18)14(9)6-20-2/h10-19,42-44H,20-25H2,1-9H3;5-16,32-33H,17-18H2,1-4H3;9-10H,5-8H2,1-4H3. The average Bonchev–Trinajstić information content (AvgIpc) is 1.56. The normalized spacial score (nSPS) is 15.1. The maximum absolute atomic E-state index is 12.6. The van der Waals surface area contributed by atoms with Crippen molar-refractivity contribution in [1.29, 1.82) is 0 Å². The van der Waals surface area contributed by atoms with Crippen LogP contribution in [0.3, 0.4) is 0 Å². The highest BCUT2D eigenvalue weighted by Gasteiger charge is 2.59. The molecule has 0 aromatic heterocycles. The number of methoxy groups -OCH3 is 12. The number of carbonyl (C=O) groups excluding carboxylic acids is 2. The summed E-state index contributed by atoms with van der Waals surface area (Å²) in [5.74, 6) is 0.970. The Kier molecular flexibility index (Phi) is 27.7. The quantitative estimate of drug-likeness (QED) is 0.0253. The smallest absolute Gasteiger partial charge is 0.327 e. The number of phenols is 5. The lowest BCUT2D eigenvalue weighted by atomic mass is 9.66. The monoisotopic (exact) mass is 1470 g/mol. The summed E-state index contributed by atoms with van der Waals surface area (Å²) in [5.41, 5.74) is 16.8. The van der Waals surface area contributed by atoms with E-state index in [9.17, 15) is 35.1 Å². The van der Waals surface area contributed by atoms with Crippen LogP contribution in [0.5, 0.6) is 28.7 Å². The molecule has 0 bridgehead atoms. The summed E-state index contributed by atoms with van der Waals surface area (Å²) in [6.45, 7) is 12.6. The molecule has 23 nitrogen and oxygen atoms in total. The molecule has 0 atom stereocenters. The van der Waals surface area contributed by atoms with Gasteiger partial charge >= 0.3 is 12.1 Å². The number of nitrogens with zero attached hydrogens (tertiary/aromatic N) is 4. The second kappa shape index (κ2) is 36.1. The van der Waals surface area contributed by atoms with Gasteiger partial charge in [-0.15, -0.1) is 0 Å². The van der Waals surface area contributed by atoms with E-state index in [0.717, 1.165) is 61.2 Å². The van der Waals surface area contributed by atoms with Crippen LogP contribution in [0.4, 0.5) is 9.59 Å². The molecule has 0 spiro atoms. The van der Waals surface area contributed by atoms with E-state index in [1.807, 2.05) is 50.2 Å². The van der Waals surface area contributed by atoms with Gasteiger partial charge in [-0.2, -0.15) is 0 Å². The summed E-state index contributed by atoms with van der Waals surface area (Å²) in [6, 6.07) is 45.1. The molecule has 0 unspecified atom stereocenters. The maximum atomic E-state index is 12.6. The first-order chi connectivity index (χ1) is 51.4. The van der Waals surface area contributed by atoms with Gasteiger partial charge in [0.15, 0.2) is 12.3 Å². The Labute approximate surface area is 628 Å². The average molecular weight is 1470 g/mol. The highest BCUT2D eigenvalue weighted by molar-refractivity contribution is 5.87. The van der Waals surface area contributed by atoms with Crippen LogP contribution in [0.15, 0.2) is 133 Å². The van der Waals surface area contributed by atoms with Crippen LogP contribution >= 0.6 is 0 Å². The van der Waals surface area contributed by atoms with E-state index in [4.69, 9.17) is 56.8 Å². The number of benzene rings is 8. The van der Waals surface area contributed by atoms with Crippen LogP contribution in [-0.2, 0) is 126 Å². The molecule has 574 valence electrons. The van der Waals surface area contributed by atoms with Gasteiger partial charge in [0.2, 0.25) is 0 Å². The van der Waals surface area contributed by atoms with Gasteiger partial charge in [0.1, 0.15) is 55.7 Å². The largest absolute Gasteiger partial charge is 0.507 e. The summed E-state index contributed by atoms with van der Waals surface area (Å²) < 4.78 is 64.0. The van der Waals surface area contributed by atoms with Crippen molar-refractivity contribution >= 4 is 12.1 Å². The van der Waals surface area contributed by atoms with Crippen molar-refractivity contribution in [2.24, 2.45) is 0 Å². The van der Waals surface area contributed by atoms with E-state index in [-0.39, 0.29) is 107 Å². The molecule has 3 aliphatic rings. The molecule has 11 rings (SSSR count). The van der Waals surface area contributed by atoms with Gasteiger partial charge in [-0.05, 0) is 142 Å². The molecular weight excluding hydrogens is 1370 g/mol. The molecule has 0 saturated carbocycles. The zero-order chi connectivity index (χ0) is 77.7. The molecule has 1 aliphatic carbocycles. The molecule has 8 aromatic carbocycles. The van der Waals surface area contributed by atoms with Gasteiger partial charge in [-0.3, -0.25) is 19.6 Å². The number of ether oxygens (including phenoxy) is 12. The molecule has 107 heavy (non-hydrogen) atoms. The van der Waals surface area contributed by atoms with Crippen LogP contribution < -0.4 is 0 Å². The number of hydrogen-bond acceptors (Lipinski definition) is 19. The minimum Gasteiger partial charge on any atom is -0.507 e. The topological polar surface area (TPSA) is 259 Å². The number of carbonyl (C=O) groups is 2. The molecule has 4 amide bonds. The van der Waals surface area contributed by atoms with E-state index in [0.29, 0.717) is 46.6 Å². The third kappa shape index (κ3) is 16.1. The fourth-order valence-electron chi connectivity index (χ4n) is 15.2. The zero-order valence-corrected chi connectivity index (χ0v) is 64.6. The van der Waals surface area contributed by atoms with E-state index >= 15 is 0 Å². The van der Waals surface area contributed by atoms with Gasteiger partial charge in [0.25, 0.3) is 0 Å². The zero-order valence-electron chi connectivity index (χ0n) is 64.6. The van der Waals surface area contributed by atoms with Crippen LogP contribution in [-0.4, -0.2) is 182 Å². The second-order valence-electron chi connectivity index (χ2n) is 27.6. The minimum absolute atomic E-state index is 0.0640. The summed E-state index contributed by atoms with van der Waals surface area (Å²) in [5, 5.41) is 54.8. The fraction of sp³-hybridized carbons (Fsp3) is 0.405. The minimum atomic E-state index is -0.782. The first-order valence-electron chi connectivity index (χ1n) is 35.0. The Morgan fingerprint density at radius 1 is 0.327 bits per heavy atom. The third-order valence-electron chi connectivity index (χ3n) is 20.4. The summed E-state index contributed by atoms with van der Waals surface area (Å²) >= 11 is 0. The summed E-state index contributed by atoms with van der Waals surface area (Å²) in [6.07, 6.45) is -1.05. The van der Waals surface area contributed by atoms with Gasteiger partial charge < -0.3 is 82.4 Å². The number of fused-ring (bicyclic) bond motifs is 4. The van der Waals surface area contributed by atoms with E-state index in [1.165, 1.54) is 70.3 Å². The van der Waals surface area contributed by atoms with Gasteiger partial charge in [-0.25, -0.2) is 9.59 Å². The first-order valence-corrected chi connectivity index (χ1v) is 35.0. The van der Waals surface area contributed by atoms with Crippen molar-refractivity contribution in [3.05, 3.63) is 239 Å². The van der Waals surface area contributed by atoms with E-state index in [2.05, 4.69) is 118 Å². The molecule has 2 aliphatic heterocycles. The van der Waals surface area contributed by atoms with Crippen LogP contribution in [0.2, 0.25) is 0 Å². The third-order valence-corrected chi connectivity index (χ3v) is 20.4. The molecule has 2 saturated heterocycles. The van der Waals surface area contributed by atoms with Gasteiger partial charge in [0, 0.05) is 141 Å². The van der Waals surface area contributed by atoms with Crippen LogP contribution in [0, 0.1) is 13.8 Å². The predicted octanol–water partition coefficient (Wildman–Crippen LogP) is 13.3. The Morgan fingerprint density at radius 3 is 0.869 bits per heavy atom. The highest BCUT2D eigenvalue weighted by atomic mass is 16.5. The Morgan fingerprint density at radius 2 is 0.589 bits per heavy atom. The fourth-order valence-corrected chi connectivity index (χ4v) is 15.2. The number of aromatic hydroxyl groups is 5. The van der Waals surface area contributed by atoms with Crippen molar-refractivity contribution < 1.29 is 92.0 Å². The summed E-state index contributed by atoms with van der Waals surface area (Å²) in [4.78, 5) is 31.0. The number of aryl methyl sites for hydroxylation is 2. The molecule has 2 heterocycles. The first kappa shape index (κ1) is 81.9. The number of amides is 4. The number of urea groups is 2. The van der Waals surface area contributed by atoms with Gasteiger partial charge in [0.05, 0.1) is 58.3 Å². The lowest BCUT2D eigenvalue weighted by Gasteiger charge is -2.35. The van der Waals surface area contributed by atoms with E-state index in [1.54, 1.807) is 56.9 Å². The highest BCUT2D eigenvalue weighted by Crippen LogP contribution is 2.58. The molecule has 8 aromatic rings. The van der Waals surface area contributed by atoms with Crippen LogP contribution in [0.1, 0.15) is 126 Å². The van der Waals surface area contributed by atoms with Crippen molar-refractivity contribution in [2.45, 2.75) is 116 Å². The predicted molar refractivity (Wildman–Crippen MR) is 404 cm³/mol. The van der Waals surface area contributed by atoms with Crippen molar-refractivity contribution in [2.75, 3.05) is 112 Å². The number of hydrogen-bond donors (Lipinski definition) is 5. The Bertz CT molecular complexity index is 4070. The molecule has 2 fully saturated rings. The number of phenolic OH excluding ortho intramolecular Hbond substituents is 5. The second-order valence-corrected chi connectivity index (χ2v) is 27.6. The van der Waals surface area contributed by atoms with Crippen molar-refractivity contribution in [1.82, 2.24) is 19.6 Å². The Hall–Kier alpha value is -9.18. The number of rotatable bonds is 31. The lowest BCUT2D eigenvalue weighted by molar-refractivity contribution is -0.0135. The molecule has 23 heteroatoms. The summed E-state index contributed by atoms with van der Waals surface area (Å²) in [7, 11) is 18.8. The maximum Gasteiger partial charge on any atom is 0.327 e. The molecule has 0 radical (unpaired) electrons. The van der Waals surface area contributed by atoms with Crippen molar-refractivity contribution in [3.63, 3.8) is 0 Å². The van der Waals surface area contributed by atoms with Crippen LogP contribution in [0.25, 0.3) is 11.1 Å². The van der Waals surface area contributed by atoms with E-state index < -0.39 is 28.6 Å².